The molecule has 2 N–H and O–H groups in total. The van der Waals surface area contributed by atoms with Gasteiger partial charge in [0.2, 0.25) is 5.95 Å². The van der Waals surface area contributed by atoms with Gasteiger partial charge in [-0.1, -0.05) is 11.6 Å². The van der Waals surface area contributed by atoms with Crippen molar-refractivity contribution in [2.24, 2.45) is 0 Å². The highest BCUT2D eigenvalue weighted by atomic mass is 35.5. The first-order valence-corrected chi connectivity index (χ1v) is 12.5. The van der Waals surface area contributed by atoms with Crippen LogP contribution < -0.4 is 15.5 Å². The Kier molecular flexibility index (Phi) is 5.63. The lowest BCUT2D eigenvalue weighted by atomic mass is 10.0. The average Bonchev–Trinajstić information content (AvgIpc) is 3.56. The van der Waals surface area contributed by atoms with Crippen LogP contribution in [0.25, 0.3) is 5.65 Å². The van der Waals surface area contributed by atoms with Crippen LogP contribution in [-0.4, -0.2) is 87.8 Å². The number of rotatable bonds is 6. The summed E-state index contributed by atoms with van der Waals surface area (Å²) in [6.45, 7) is 8.17. The molecule has 0 bridgehead atoms. The Morgan fingerprint density at radius 2 is 1.91 bits per heavy atom. The number of imidazole rings is 1. The molecule has 2 saturated heterocycles. The van der Waals surface area contributed by atoms with Crippen molar-refractivity contribution < 1.29 is 0 Å². The van der Waals surface area contributed by atoms with Crippen LogP contribution in [0, 0.1) is 18.3 Å². The first kappa shape index (κ1) is 22.3. The van der Waals surface area contributed by atoms with Gasteiger partial charge < -0.3 is 20.4 Å². The number of likely N-dealkylation sites (N-methyl/N-ethyl adjacent to an activating group) is 1. The molecule has 1 aliphatic carbocycles. The van der Waals surface area contributed by atoms with Gasteiger partial charge >= 0.3 is 0 Å². The van der Waals surface area contributed by atoms with E-state index in [1.54, 1.807) is 16.8 Å². The minimum atomic E-state index is 0.406. The summed E-state index contributed by atoms with van der Waals surface area (Å²) in [6, 6.07) is 6.85. The maximum atomic E-state index is 9.69. The highest BCUT2D eigenvalue weighted by Gasteiger charge is 2.34. The molecule has 0 atom stereocenters. The Morgan fingerprint density at radius 3 is 2.63 bits per heavy atom. The third kappa shape index (κ3) is 4.35. The number of aryl methyl sites for hydroxylation is 1. The fourth-order valence-electron chi connectivity index (χ4n) is 4.75. The summed E-state index contributed by atoms with van der Waals surface area (Å²) in [6.07, 6.45) is 4.04. The van der Waals surface area contributed by atoms with Gasteiger partial charge in [0.05, 0.1) is 39.9 Å². The number of aromatic nitrogens is 4. The van der Waals surface area contributed by atoms with Gasteiger partial charge in [-0.25, -0.2) is 9.50 Å². The number of benzene rings is 1. The standard InChI is InChI=1S/C24H29ClN10/c1-15-12-27-23-22(28-17-3-4-17)30-24(31-35(15)23)29-19-9-16(11-26)10-20(21(19)25)34-13-18(14-34)33-7-5-32(2)6-8-33/h9-10,12,17-18H,3-8,13-14H2,1-2H3,(H2,28,29,30,31). The van der Waals surface area contributed by atoms with Gasteiger partial charge in [0.1, 0.15) is 0 Å². The fraction of sp³-hybridized carbons (Fsp3) is 0.500. The van der Waals surface area contributed by atoms with Gasteiger partial charge in [-0.2, -0.15) is 10.2 Å². The zero-order chi connectivity index (χ0) is 24.1. The number of fused-ring (bicyclic) bond motifs is 1. The molecule has 3 aromatic rings. The Labute approximate surface area is 209 Å². The monoisotopic (exact) mass is 492 g/mol. The van der Waals surface area contributed by atoms with Crippen molar-refractivity contribution in [3.05, 3.63) is 34.6 Å². The summed E-state index contributed by atoms with van der Waals surface area (Å²) in [7, 11) is 2.17. The molecule has 10 nitrogen and oxygen atoms in total. The van der Waals surface area contributed by atoms with E-state index in [4.69, 9.17) is 16.6 Å². The molecule has 4 heterocycles. The predicted octanol–water partition coefficient (Wildman–Crippen LogP) is 2.71. The number of piperazine rings is 1. The number of nitriles is 1. The van der Waals surface area contributed by atoms with E-state index in [0.29, 0.717) is 45.8 Å². The highest BCUT2D eigenvalue weighted by molar-refractivity contribution is 6.36. The Morgan fingerprint density at radius 1 is 1.14 bits per heavy atom. The third-order valence-electron chi connectivity index (χ3n) is 7.14. The molecule has 2 aliphatic heterocycles. The van der Waals surface area contributed by atoms with E-state index in [1.807, 2.05) is 13.0 Å². The van der Waals surface area contributed by atoms with E-state index in [1.165, 1.54) is 0 Å². The second kappa shape index (κ2) is 8.82. The van der Waals surface area contributed by atoms with Crippen molar-refractivity contribution in [3.8, 4) is 6.07 Å². The largest absolute Gasteiger partial charge is 0.367 e. The molecule has 2 aromatic heterocycles. The second-order valence-corrected chi connectivity index (χ2v) is 10.2. The maximum Gasteiger partial charge on any atom is 0.247 e. The zero-order valence-electron chi connectivity index (χ0n) is 20.0. The smallest absolute Gasteiger partial charge is 0.247 e. The molecule has 0 radical (unpaired) electrons. The van der Waals surface area contributed by atoms with Gasteiger partial charge in [0, 0.05) is 51.4 Å². The molecular weight excluding hydrogens is 464 g/mol. The number of nitrogens with zero attached hydrogens (tertiary/aromatic N) is 8. The molecule has 0 amide bonds. The lowest BCUT2D eigenvalue weighted by molar-refractivity contribution is 0.0963. The molecular formula is C24H29ClN10. The van der Waals surface area contributed by atoms with Crippen LogP contribution in [0.3, 0.4) is 0 Å². The van der Waals surface area contributed by atoms with E-state index in [-0.39, 0.29) is 0 Å². The predicted molar refractivity (Wildman–Crippen MR) is 137 cm³/mol. The van der Waals surface area contributed by atoms with Crippen LogP contribution in [0.15, 0.2) is 18.3 Å². The molecule has 0 spiro atoms. The lowest BCUT2D eigenvalue weighted by Crippen LogP contribution is -2.63. The topological polar surface area (TPSA) is 101 Å². The quantitative estimate of drug-likeness (QED) is 0.537. The molecule has 182 valence electrons. The van der Waals surface area contributed by atoms with Gasteiger partial charge in [-0.3, -0.25) is 4.90 Å². The van der Waals surface area contributed by atoms with Crippen LogP contribution in [-0.2, 0) is 0 Å². The SMILES string of the molecule is Cc1cnc2c(NC3CC3)nc(Nc3cc(C#N)cc(N4CC(N5CCN(C)CC5)C4)c3Cl)nn12. The van der Waals surface area contributed by atoms with Crippen molar-refractivity contribution >= 4 is 40.4 Å². The second-order valence-electron chi connectivity index (χ2n) is 9.83. The maximum absolute atomic E-state index is 9.69. The molecule has 6 rings (SSSR count). The molecule has 3 aliphatic rings. The van der Waals surface area contributed by atoms with Crippen LogP contribution >= 0.6 is 11.6 Å². The van der Waals surface area contributed by atoms with Crippen molar-refractivity contribution in [3.63, 3.8) is 0 Å². The van der Waals surface area contributed by atoms with Crippen LogP contribution in [0.5, 0.6) is 0 Å². The van der Waals surface area contributed by atoms with Crippen LogP contribution in [0.1, 0.15) is 24.1 Å². The summed E-state index contributed by atoms with van der Waals surface area (Å²) in [4.78, 5) is 16.3. The third-order valence-corrected chi connectivity index (χ3v) is 7.53. The van der Waals surface area contributed by atoms with Crippen molar-refractivity contribution in [2.75, 3.05) is 61.8 Å². The molecule has 3 fully saturated rings. The number of anilines is 4. The number of nitrogens with one attached hydrogen (secondary N) is 2. The Hall–Kier alpha value is -3.13. The Balaban J connectivity index is 1.26. The number of hydrogen-bond acceptors (Lipinski definition) is 9. The van der Waals surface area contributed by atoms with Crippen molar-refractivity contribution in [1.82, 2.24) is 29.4 Å². The summed E-state index contributed by atoms with van der Waals surface area (Å²) in [5, 5.41) is 21.6. The van der Waals surface area contributed by atoms with E-state index in [2.05, 4.69) is 48.5 Å². The molecule has 0 unspecified atom stereocenters. The first-order chi connectivity index (χ1) is 17.0. The van der Waals surface area contributed by atoms with E-state index >= 15 is 0 Å². The Bertz CT molecular complexity index is 1300. The summed E-state index contributed by atoms with van der Waals surface area (Å²) in [5.41, 5.74) is 3.66. The van der Waals surface area contributed by atoms with E-state index < -0.39 is 0 Å². The molecule has 1 aromatic carbocycles. The number of hydrogen-bond donors (Lipinski definition) is 2. The highest BCUT2D eigenvalue weighted by Crippen LogP contribution is 2.38. The molecule has 35 heavy (non-hydrogen) atoms. The van der Waals surface area contributed by atoms with Crippen molar-refractivity contribution in [1.29, 1.82) is 5.26 Å². The van der Waals surface area contributed by atoms with Gasteiger partial charge in [-0.05, 0) is 38.9 Å². The normalized spacial score (nSPS) is 19.5. The molecule has 1 saturated carbocycles. The van der Waals surface area contributed by atoms with Gasteiger partial charge in [0.25, 0.3) is 0 Å². The number of halogens is 1. The van der Waals surface area contributed by atoms with E-state index in [9.17, 15) is 5.26 Å². The minimum absolute atomic E-state index is 0.406. The first-order valence-electron chi connectivity index (χ1n) is 12.2. The fourth-order valence-corrected chi connectivity index (χ4v) is 5.02. The lowest BCUT2D eigenvalue weighted by Gasteiger charge is -2.49. The molecule has 11 heteroatoms. The van der Waals surface area contributed by atoms with E-state index in [0.717, 1.165) is 63.5 Å². The van der Waals surface area contributed by atoms with Crippen LogP contribution in [0.4, 0.5) is 23.1 Å². The minimum Gasteiger partial charge on any atom is -0.367 e. The van der Waals surface area contributed by atoms with Gasteiger partial charge in [-0.15, -0.1) is 5.10 Å². The van der Waals surface area contributed by atoms with Crippen LogP contribution in [0.2, 0.25) is 5.02 Å². The zero-order valence-corrected chi connectivity index (χ0v) is 20.8. The van der Waals surface area contributed by atoms with Crippen molar-refractivity contribution in [2.45, 2.75) is 31.8 Å². The summed E-state index contributed by atoms with van der Waals surface area (Å²) >= 11 is 6.89. The van der Waals surface area contributed by atoms with Gasteiger partial charge in [0.15, 0.2) is 11.5 Å². The average molecular weight is 493 g/mol. The summed E-state index contributed by atoms with van der Waals surface area (Å²) in [5.74, 6) is 1.10. The summed E-state index contributed by atoms with van der Waals surface area (Å²) < 4.78 is 1.78.